The standard InChI is InChI=1S/C21H22Cl2N4O2/c1-3-26(4-2)17-8-6-16(7-9-17)24-21(28)19-11-12-27(25-19)14-29-20-10-5-15(22)13-18(20)23/h5-13H,3-4,14H2,1-2H3,(H,24,28). The number of rotatable bonds is 8. The molecule has 1 amide bonds. The molecule has 1 heterocycles. The van der Waals surface area contributed by atoms with Crippen molar-refractivity contribution in [3.05, 3.63) is 70.5 Å². The van der Waals surface area contributed by atoms with Crippen LogP contribution in [0.4, 0.5) is 11.4 Å². The Morgan fingerprint density at radius 3 is 2.48 bits per heavy atom. The van der Waals surface area contributed by atoms with Crippen molar-refractivity contribution in [3.63, 3.8) is 0 Å². The third kappa shape index (κ3) is 5.43. The fourth-order valence-electron chi connectivity index (χ4n) is 2.82. The summed E-state index contributed by atoms with van der Waals surface area (Å²) in [6, 6.07) is 14.4. The average molecular weight is 433 g/mol. The Hall–Kier alpha value is -2.70. The average Bonchev–Trinajstić information content (AvgIpc) is 3.19. The molecule has 0 spiro atoms. The summed E-state index contributed by atoms with van der Waals surface area (Å²) in [4.78, 5) is 14.7. The number of nitrogens with one attached hydrogen (secondary N) is 1. The highest BCUT2D eigenvalue weighted by Crippen LogP contribution is 2.27. The van der Waals surface area contributed by atoms with Crippen molar-refractivity contribution in [2.24, 2.45) is 0 Å². The molecule has 0 radical (unpaired) electrons. The highest BCUT2D eigenvalue weighted by Gasteiger charge is 2.11. The molecule has 0 aliphatic heterocycles. The van der Waals surface area contributed by atoms with Gasteiger partial charge in [0.25, 0.3) is 5.91 Å². The second kappa shape index (κ2) is 9.67. The van der Waals surface area contributed by atoms with E-state index in [1.807, 2.05) is 24.3 Å². The van der Waals surface area contributed by atoms with Crippen LogP contribution in [0.2, 0.25) is 10.0 Å². The third-order valence-electron chi connectivity index (χ3n) is 4.37. The molecule has 1 N–H and O–H groups in total. The number of carbonyl (C=O) groups excluding carboxylic acids is 1. The van der Waals surface area contributed by atoms with Gasteiger partial charge in [0.1, 0.15) is 5.75 Å². The van der Waals surface area contributed by atoms with Crippen molar-refractivity contribution in [1.29, 1.82) is 0 Å². The zero-order chi connectivity index (χ0) is 20.8. The molecule has 6 nitrogen and oxygen atoms in total. The topological polar surface area (TPSA) is 59.4 Å². The Kier molecular flexibility index (Phi) is 7.01. The molecule has 3 aromatic rings. The second-order valence-corrected chi connectivity index (χ2v) is 7.11. The molecule has 8 heteroatoms. The number of hydrogen-bond donors (Lipinski definition) is 1. The Morgan fingerprint density at radius 1 is 1.10 bits per heavy atom. The van der Waals surface area contributed by atoms with E-state index in [-0.39, 0.29) is 12.6 Å². The lowest BCUT2D eigenvalue weighted by molar-refractivity contribution is 0.102. The number of carbonyl (C=O) groups is 1. The van der Waals surface area contributed by atoms with Crippen LogP contribution in [0.25, 0.3) is 0 Å². The first-order valence-electron chi connectivity index (χ1n) is 9.27. The van der Waals surface area contributed by atoms with E-state index < -0.39 is 0 Å². The van der Waals surface area contributed by atoms with E-state index in [1.54, 1.807) is 30.5 Å². The van der Waals surface area contributed by atoms with Gasteiger partial charge in [-0.1, -0.05) is 23.2 Å². The van der Waals surface area contributed by atoms with E-state index in [1.165, 1.54) is 4.68 Å². The van der Waals surface area contributed by atoms with Gasteiger partial charge in [0.2, 0.25) is 0 Å². The van der Waals surface area contributed by atoms with Crippen LogP contribution in [0.5, 0.6) is 5.75 Å². The van der Waals surface area contributed by atoms with Crippen LogP contribution < -0.4 is 15.0 Å². The quantitative estimate of drug-likeness (QED) is 0.522. The van der Waals surface area contributed by atoms with Crippen molar-refractivity contribution < 1.29 is 9.53 Å². The van der Waals surface area contributed by atoms with E-state index in [0.29, 0.717) is 27.2 Å². The first-order chi connectivity index (χ1) is 14.0. The molecule has 0 aliphatic rings. The molecular weight excluding hydrogens is 411 g/mol. The molecule has 3 rings (SSSR count). The zero-order valence-corrected chi connectivity index (χ0v) is 17.7. The maximum Gasteiger partial charge on any atom is 0.276 e. The smallest absolute Gasteiger partial charge is 0.276 e. The predicted octanol–water partition coefficient (Wildman–Crippen LogP) is 5.32. The largest absolute Gasteiger partial charge is 0.470 e. The van der Waals surface area contributed by atoms with E-state index >= 15 is 0 Å². The number of benzene rings is 2. The van der Waals surface area contributed by atoms with Gasteiger partial charge in [-0.2, -0.15) is 5.10 Å². The molecule has 0 bridgehead atoms. The Labute approximate surface area is 180 Å². The summed E-state index contributed by atoms with van der Waals surface area (Å²) in [5, 5.41) is 8.04. The second-order valence-electron chi connectivity index (χ2n) is 6.26. The highest BCUT2D eigenvalue weighted by molar-refractivity contribution is 6.35. The molecule has 29 heavy (non-hydrogen) atoms. The summed E-state index contributed by atoms with van der Waals surface area (Å²) in [6.07, 6.45) is 1.67. The molecule has 2 aromatic carbocycles. The van der Waals surface area contributed by atoms with E-state index in [9.17, 15) is 4.79 Å². The van der Waals surface area contributed by atoms with Crippen molar-refractivity contribution in [1.82, 2.24) is 9.78 Å². The summed E-state index contributed by atoms with van der Waals surface area (Å²) in [7, 11) is 0. The van der Waals surface area contributed by atoms with Gasteiger partial charge >= 0.3 is 0 Å². The summed E-state index contributed by atoms with van der Waals surface area (Å²) in [5.74, 6) is 0.203. The first kappa shape index (κ1) is 21.0. The molecule has 0 aliphatic carbocycles. The predicted molar refractivity (Wildman–Crippen MR) is 117 cm³/mol. The molecule has 0 saturated heterocycles. The van der Waals surface area contributed by atoms with Gasteiger partial charge in [-0.05, 0) is 62.4 Å². The van der Waals surface area contributed by atoms with E-state index in [4.69, 9.17) is 27.9 Å². The molecule has 0 unspecified atom stereocenters. The molecule has 0 saturated carbocycles. The normalized spacial score (nSPS) is 10.6. The SMILES string of the molecule is CCN(CC)c1ccc(NC(=O)c2ccn(COc3ccc(Cl)cc3Cl)n2)cc1. The van der Waals surface area contributed by atoms with Gasteiger partial charge in [0, 0.05) is 35.7 Å². The number of nitrogens with zero attached hydrogens (tertiary/aromatic N) is 3. The van der Waals surface area contributed by atoms with Gasteiger partial charge < -0.3 is 15.0 Å². The van der Waals surface area contributed by atoms with Crippen molar-refractivity contribution in [2.45, 2.75) is 20.6 Å². The number of ether oxygens (including phenoxy) is 1. The van der Waals surface area contributed by atoms with Gasteiger partial charge in [-0.3, -0.25) is 4.79 Å². The van der Waals surface area contributed by atoms with Gasteiger partial charge in [-0.25, -0.2) is 4.68 Å². The van der Waals surface area contributed by atoms with E-state index in [0.717, 1.165) is 18.8 Å². The highest BCUT2D eigenvalue weighted by atomic mass is 35.5. The van der Waals surface area contributed by atoms with Crippen LogP contribution in [-0.2, 0) is 6.73 Å². The monoisotopic (exact) mass is 432 g/mol. The van der Waals surface area contributed by atoms with Crippen LogP contribution >= 0.6 is 23.2 Å². The maximum absolute atomic E-state index is 12.5. The molecule has 0 fully saturated rings. The molecular formula is C21H22Cl2N4O2. The Bertz CT molecular complexity index is 969. The third-order valence-corrected chi connectivity index (χ3v) is 4.90. The number of halogens is 2. The number of aromatic nitrogens is 2. The Morgan fingerprint density at radius 2 is 1.83 bits per heavy atom. The number of hydrogen-bond acceptors (Lipinski definition) is 4. The summed E-state index contributed by atoms with van der Waals surface area (Å²) in [5.41, 5.74) is 2.13. The minimum atomic E-state index is -0.288. The molecule has 152 valence electrons. The van der Waals surface area contributed by atoms with Gasteiger partial charge in [-0.15, -0.1) is 0 Å². The van der Waals surface area contributed by atoms with Crippen LogP contribution in [0.1, 0.15) is 24.3 Å². The van der Waals surface area contributed by atoms with Crippen LogP contribution in [0, 0.1) is 0 Å². The lowest BCUT2D eigenvalue weighted by Gasteiger charge is -2.21. The fraction of sp³-hybridized carbons (Fsp3) is 0.238. The van der Waals surface area contributed by atoms with Crippen LogP contribution in [0.15, 0.2) is 54.7 Å². The van der Waals surface area contributed by atoms with E-state index in [2.05, 4.69) is 29.2 Å². The Balaban J connectivity index is 1.59. The van der Waals surface area contributed by atoms with Crippen LogP contribution in [-0.4, -0.2) is 28.8 Å². The summed E-state index contributed by atoms with van der Waals surface area (Å²) in [6.45, 7) is 6.21. The summed E-state index contributed by atoms with van der Waals surface area (Å²) >= 11 is 12.0. The number of anilines is 2. The first-order valence-corrected chi connectivity index (χ1v) is 10.0. The van der Waals surface area contributed by atoms with Crippen LogP contribution in [0.3, 0.4) is 0 Å². The van der Waals surface area contributed by atoms with Gasteiger partial charge in [0.05, 0.1) is 5.02 Å². The van der Waals surface area contributed by atoms with Gasteiger partial charge in [0.15, 0.2) is 12.4 Å². The van der Waals surface area contributed by atoms with Crippen molar-refractivity contribution >= 4 is 40.5 Å². The lowest BCUT2D eigenvalue weighted by Crippen LogP contribution is -2.21. The summed E-state index contributed by atoms with van der Waals surface area (Å²) < 4.78 is 7.14. The minimum absolute atomic E-state index is 0.118. The molecule has 0 atom stereocenters. The lowest BCUT2D eigenvalue weighted by atomic mass is 10.2. The minimum Gasteiger partial charge on any atom is -0.470 e. The fourth-order valence-corrected chi connectivity index (χ4v) is 3.29. The zero-order valence-electron chi connectivity index (χ0n) is 16.2. The maximum atomic E-state index is 12.5. The number of amides is 1. The van der Waals surface area contributed by atoms with Crippen molar-refractivity contribution in [2.75, 3.05) is 23.3 Å². The molecule has 1 aromatic heterocycles. The van der Waals surface area contributed by atoms with Crippen molar-refractivity contribution in [3.8, 4) is 5.75 Å².